The Bertz CT molecular complexity index is 1150. The fourth-order valence-corrected chi connectivity index (χ4v) is 5.02. The van der Waals surface area contributed by atoms with Gasteiger partial charge in [-0.2, -0.15) is 0 Å². The van der Waals surface area contributed by atoms with E-state index in [4.69, 9.17) is 0 Å². The third-order valence-electron chi connectivity index (χ3n) is 4.78. The number of nitrogens with zero attached hydrogens (tertiary/aromatic N) is 1. The summed E-state index contributed by atoms with van der Waals surface area (Å²) in [6.45, 7) is 1.97. The molecule has 1 aliphatic heterocycles. The number of hydrogen-bond donors (Lipinski definition) is 1. The molecule has 0 bridgehead atoms. The van der Waals surface area contributed by atoms with Crippen LogP contribution in [0.4, 0.5) is 5.69 Å². The Hall–Kier alpha value is -2.99. The maximum absolute atomic E-state index is 12.6. The molecule has 27 heavy (non-hydrogen) atoms. The summed E-state index contributed by atoms with van der Waals surface area (Å²) in [6, 6.07) is 13.8. The SMILES string of the molecule is Cc1cnccc1CCC(=O)Nc1ccc2c(c1)-c1ccccc1S2(=O)=O. The number of amides is 1. The van der Waals surface area contributed by atoms with Crippen molar-refractivity contribution in [2.75, 3.05) is 5.32 Å². The number of fused-ring (bicyclic) bond motifs is 3. The topological polar surface area (TPSA) is 76.1 Å². The maximum Gasteiger partial charge on any atom is 0.224 e. The second-order valence-corrected chi connectivity index (χ2v) is 8.45. The lowest BCUT2D eigenvalue weighted by atomic mass is 10.0. The van der Waals surface area contributed by atoms with Gasteiger partial charge in [0.25, 0.3) is 0 Å². The first-order valence-electron chi connectivity index (χ1n) is 8.65. The van der Waals surface area contributed by atoms with E-state index in [2.05, 4.69) is 10.3 Å². The minimum atomic E-state index is -3.48. The summed E-state index contributed by atoms with van der Waals surface area (Å²) in [5.74, 6) is -0.111. The van der Waals surface area contributed by atoms with Crippen molar-refractivity contribution in [2.45, 2.75) is 29.6 Å². The second kappa shape index (κ2) is 6.63. The Morgan fingerprint density at radius 3 is 2.63 bits per heavy atom. The van der Waals surface area contributed by atoms with Gasteiger partial charge in [0.15, 0.2) is 0 Å². The van der Waals surface area contributed by atoms with Crippen LogP contribution in [0, 0.1) is 6.92 Å². The minimum Gasteiger partial charge on any atom is -0.326 e. The lowest BCUT2D eigenvalue weighted by Gasteiger charge is -2.08. The Morgan fingerprint density at radius 1 is 1.04 bits per heavy atom. The van der Waals surface area contributed by atoms with Gasteiger partial charge in [-0.1, -0.05) is 18.2 Å². The lowest BCUT2D eigenvalue weighted by Crippen LogP contribution is -2.12. The number of aryl methyl sites for hydroxylation is 2. The number of carbonyl (C=O) groups is 1. The van der Waals surface area contributed by atoms with Crippen molar-refractivity contribution in [3.05, 3.63) is 72.1 Å². The van der Waals surface area contributed by atoms with Gasteiger partial charge in [0.1, 0.15) is 0 Å². The molecule has 2 aromatic carbocycles. The van der Waals surface area contributed by atoms with Crippen LogP contribution in [0.15, 0.2) is 70.7 Å². The molecule has 0 aliphatic carbocycles. The first-order chi connectivity index (χ1) is 13.0. The van der Waals surface area contributed by atoms with Gasteiger partial charge >= 0.3 is 0 Å². The van der Waals surface area contributed by atoms with Crippen LogP contribution in [0.3, 0.4) is 0 Å². The number of nitrogens with one attached hydrogen (secondary N) is 1. The van der Waals surface area contributed by atoms with Gasteiger partial charge in [0.2, 0.25) is 15.7 Å². The largest absolute Gasteiger partial charge is 0.326 e. The van der Waals surface area contributed by atoms with Crippen LogP contribution < -0.4 is 5.32 Å². The first-order valence-corrected chi connectivity index (χ1v) is 10.1. The summed E-state index contributed by atoms with van der Waals surface area (Å²) in [7, 11) is -3.48. The van der Waals surface area contributed by atoms with Crippen LogP contribution in [0.5, 0.6) is 0 Å². The summed E-state index contributed by atoms with van der Waals surface area (Å²) in [5.41, 5.74) is 4.06. The summed E-state index contributed by atoms with van der Waals surface area (Å²) < 4.78 is 25.2. The summed E-state index contributed by atoms with van der Waals surface area (Å²) in [6.07, 6.45) is 4.48. The average molecular weight is 378 g/mol. The summed E-state index contributed by atoms with van der Waals surface area (Å²) in [4.78, 5) is 17.0. The van der Waals surface area contributed by atoms with Crippen LogP contribution in [-0.2, 0) is 21.1 Å². The molecule has 0 saturated carbocycles. The van der Waals surface area contributed by atoms with E-state index in [-0.39, 0.29) is 10.8 Å². The highest BCUT2D eigenvalue weighted by atomic mass is 32.2. The summed E-state index contributed by atoms with van der Waals surface area (Å²) in [5, 5.41) is 2.87. The van der Waals surface area contributed by atoms with Crippen molar-refractivity contribution in [3.63, 3.8) is 0 Å². The third kappa shape index (κ3) is 3.13. The van der Waals surface area contributed by atoms with E-state index >= 15 is 0 Å². The first kappa shape index (κ1) is 17.4. The number of carbonyl (C=O) groups excluding carboxylic acids is 1. The molecule has 0 spiro atoms. The highest BCUT2D eigenvalue weighted by molar-refractivity contribution is 7.92. The van der Waals surface area contributed by atoms with E-state index in [9.17, 15) is 13.2 Å². The van der Waals surface area contributed by atoms with Crippen molar-refractivity contribution in [2.24, 2.45) is 0 Å². The van der Waals surface area contributed by atoms with Gasteiger partial charge in [-0.3, -0.25) is 9.78 Å². The van der Waals surface area contributed by atoms with Gasteiger partial charge in [-0.15, -0.1) is 0 Å². The third-order valence-corrected chi connectivity index (χ3v) is 6.65. The minimum absolute atomic E-state index is 0.111. The molecule has 1 aromatic heterocycles. The molecule has 0 saturated heterocycles. The number of sulfone groups is 1. The molecule has 0 radical (unpaired) electrons. The number of pyridine rings is 1. The molecule has 0 atom stereocenters. The molecule has 4 rings (SSSR count). The van der Waals surface area contributed by atoms with E-state index in [1.807, 2.05) is 19.1 Å². The molecule has 6 heteroatoms. The van der Waals surface area contributed by atoms with Crippen molar-refractivity contribution in [1.82, 2.24) is 4.98 Å². The molecule has 3 aromatic rings. The molecule has 136 valence electrons. The standard InChI is InChI=1S/C21H18N2O3S/c1-14-13-22-11-10-15(14)6-9-21(24)23-16-7-8-20-18(12-16)17-4-2-3-5-19(17)27(20,25)26/h2-5,7-8,10-13H,6,9H2,1H3,(H,23,24). The van der Waals surface area contributed by atoms with Crippen molar-refractivity contribution >= 4 is 21.4 Å². The van der Waals surface area contributed by atoms with Crippen LogP contribution in [0.25, 0.3) is 11.1 Å². The zero-order valence-corrected chi connectivity index (χ0v) is 15.6. The fourth-order valence-electron chi connectivity index (χ4n) is 3.35. The molecule has 1 aliphatic rings. The lowest BCUT2D eigenvalue weighted by molar-refractivity contribution is -0.116. The number of hydrogen-bond acceptors (Lipinski definition) is 4. The Kier molecular flexibility index (Phi) is 4.28. The van der Waals surface area contributed by atoms with Crippen LogP contribution in [-0.4, -0.2) is 19.3 Å². The second-order valence-electron chi connectivity index (χ2n) is 6.56. The normalized spacial score (nSPS) is 13.7. The molecule has 2 heterocycles. The van der Waals surface area contributed by atoms with Gasteiger partial charge in [-0.05, 0) is 54.8 Å². The van der Waals surface area contributed by atoms with E-state index in [0.29, 0.717) is 34.6 Å². The van der Waals surface area contributed by atoms with Gasteiger partial charge < -0.3 is 5.32 Å². The zero-order chi connectivity index (χ0) is 19.0. The molecule has 1 amide bonds. The maximum atomic E-state index is 12.6. The molecular formula is C21H18N2O3S. The Balaban J connectivity index is 1.54. The monoisotopic (exact) mass is 378 g/mol. The van der Waals surface area contributed by atoms with E-state index in [1.54, 1.807) is 48.8 Å². The highest BCUT2D eigenvalue weighted by Gasteiger charge is 2.32. The molecule has 5 nitrogen and oxygen atoms in total. The molecule has 0 unspecified atom stereocenters. The average Bonchev–Trinajstić information content (AvgIpc) is 2.89. The van der Waals surface area contributed by atoms with E-state index in [1.165, 1.54) is 0 Å². The number of rotatable bonds is 4. The molecular weight excluding hydrogens is 360 g/mol. The van der Waals surface area contributed by atoms with Crippen LogP contribution in [0.1, 0.15) is 17.5 Å². The van der Waals surface area contributed by atoms with Crippen LogP contribution >= 0.6 is 0 Å². The smallest absolute Gasteiger partial charge is 0.224 e. The summed E-state index contributed by atoms with van der Waals surface area (Å²) >= 11 is 0. The molecule has 0 fully saturated rings. The van der Waals surface area contributed by atoms with Crippen molar-refractivity contribution < 1.29 is 13.2 Å². The Morgan fingerprint density at radius 2 is 1.81 bits per heavy atom. The van der Waals surface area contributed by atoms with E-state index in [0.717, 1.165) is 11.1 Å². The quantitative estimate of drug-likeness (QED) is 0.586. The Labute approximate surface area is 158 Å². The van der Waals surface area contributed by atoms with Crippen molar-refractivity contribution in [3.8, 4) is 11.1 Å². The van der Waals surface area contributed by atoms with Crippen LogP contribution in [0.2, 0.25) is 0 Å². The highest BCUT2D eigenvalue weighted by Crippen LogP contribution is 2.43. The zero-order valence-electron chi connectivity index (χ0n) is 14.8. The molecule has 1 N–H and O–H groups in total. The predicted molar refractivity (Wildman–Crippen MR) is 103 cm³/mol. The predicted octanol–water partition coefficient (Wildman–Crippen LogP) is 3.77. The van der Waals surface area contributed by atoms with Gasteiger partial charge in [-0.25, -0.2) is 8.42 Å². The number of anilines is 1. The number of benzene rings is 2. The van der Waals surface area contributed by atoms with Gasteiger partial charge in [0, 0.05) is 35.6 Å². The van der Waals surface area contributed by atoms with Crippen molar-refractivity contribution in [1.29, 1.82) is 0 Å². The fraction of sp³-hybridized carbons (Fsp3) is 0.143. The van der Waals surface area contributed by atoms with Gasteiger partial charge in [0.05, 0.1) is 9.79 Å². The number of aromatic nitrogens is 1. The van der Waals surface area contributed by atoms with E-state index < -0.39 is 9.84 Å².